The molecule has 0 saturated carbocycles. The van der Waals surface area contributed by atoms with Crippen LogP contribution in [-0.4, -0.2) is 41.6 Å². The standard InChI is InChI=1S/C16H19FN2O2/c1-10-9-19(5-6-21-10)16(20)8-13-11(2)18-15-4-3-12(17)7-14(13)15/h3-4,7,10,18H,5-6,8-9H2,1-2H3/t10-/m0/s1. The van der Waals surface area contributed by atoms with Crippen LogP contribution in [-0.2, 0) is 16.0 Å². The molecule has 5 heteroatoms. The van der Waals surface area contributed by atoms with Crippen LogP contribution in [0.4, 0.5) is 4.39 Å². The summed E-state index contributed by atoms with van der Waals surface area (Å²) in [4.78, 5) is 17.5. The minimum absolute atomic E-state index is 0.0680. The summed E-state index contributed by atoms with van der Waals surface area (Å²) in [7, 11) is 0. The summed E-state index contributed by atoms with van der Waals surface area (Å²) in [6, 6.07) is 4.62. The summed E-state index contributed by atoms with van der Waals surface area (Å²) in [6.07, 6.45) is 0.367. The highest BCUT2D eigenvalue weighted by Crippen LogP contribution is 2.24. The number of nitrogens with zero attached hydrogens (tertiary/aromatic N) is 1. The molecule has 4 nitrogen and oxygen atoms in total. The molecule has 1 N–H and O–H groups in total. The van der Waals surface area contributed by atoms with Gasteiger partial charge in [0.25, 0.3) is 0 Å². The van der Waals surface area contributed by atoms with Crippen LogP contribution in [0.25, 0.3) is 10.9 Å². The van der Waals surface area contributed by atoms with Crippen LogP contribution in [0.1, 0.15) is 18.2 Å². The van der Waals surface area contributed by atoms with Crippen molar-refractivity contribution in [2.45, 2.75) is 26.4 Å². The maximum Gasteiger partial charge on any atom is 0.227 e. The minimum atomic E-state index is -0.282. The summed E-state index contributed by atoms with van der Waals surface area (Å²) in [6.45, 7) is 5.70. The molecule has 1 aromatic heterocycles. The van der Waals surface area contributed by atoms with Crippen LogP contribution in [0.3, 0.4) is 0 Å². The number of rotatable bonds is 2. The molecule has 2 aromatic rings. The lowest BCUT2D eigenvalue weighted by Gasteiger charge is -2.31. The number of ether oxygens (including phenoxy) is 1. The molecule has 1 aromatic carbocycles. The van der Waals surface area contributed by atoms with Gasteiger partial charge in [-0.25, -0.2) is 4.39 Å². The van der Waals surface area contributed by atoms with Gasteiger partial charge in [-0.2, -0.15) is 0 Å². The number of aromatic amines is 1. The van der Waals surface area contributed by atoms with E-state index in [0.29, 0.717) is 26.1 Å². The van der Waals surface area contributed by atoms with E-state index in [1.165, 1.54) is 12.1 Å². The van der Waals surface area contributed by atoms with Gasteiger partial charge in [-0.3, -0.25) is 4.79 Å². The van der Waals surface area contributed by atoms with Gasteiger partial charge < -0.3 is 14.6 Å². The van der Waals surface area contributed by atoms with E-state index < -0.39 is 0 Å². The van der Waals surface area contributed by atoms with Crippen LogP contribution < -0.4 is 0 Å². The molecule has 1 aliphatic heterocycles. The van der Waals surface area contributed by atoms with Gasteiger partial charge in [0.2, 0.25) is 5.91 Å². The van der Waals surface area contributed by atoms with E-state index in [1.807, 2.05) is 18.7 Å². The Kier molecular flexibility index (Phi) is 3.68. The third kappa shape index (κ3) is 2.78. The number of halogens is 1. The van der Waals surface area contributed by atoms with E-state index in [2.05, 4.69) is 4.98 Å². The SMILES string of the molecule is Cc1[nH]c2ccc(F)cc2c1CC(=O)N1CCO[C@@H](C)C1. The third-order valence-electron chi connectivity index (χ3n) is 4.00. The molecule has 1 fully saturated rings. The minimum Gasteiger partial charge on any atom is -0.375 e. The summed E-state index contributed by atoms with van der Waals surface area (Å²) in [5.74, 6) is -0.214. The lowest BCUT2D eigenvalue weighted by molar-refractivity contribution is -0.137. The van der Waals surface area contributed by atoms with Crippen molar-refractivity contribution in [1.82, 2.24) is 9.88 Å². The number of amides is 1. The number of hydrogen-bond acceptors (Lipinski definition) is 2. The summed E-state index contributed by atoms with van der Waals surface area (Å²) in [5, 5.41) is 0.794. The van der Waals surface area contributed by atoms with Crippen molar-refractivity contribution >= 4 is 16.8 Å². The van der Waals surface area contributed by atoms with Gasteiger partial charge in [-0.15, -0.1) is 0 Å². The molecule has 1 amide bonds. The molecule has 1 atom stereocenters. The summed E-state index contributed by atoms with van der Waals surface area (Å²) in [5.41, 5.74) is 2.67. The number of carbonyl (C=O) groups excluding carboxylic acids is 1. The molecule has 1 aliphatic rings. The fraction of sp³-hybridized carbons (Fsp3) is 0.438. The first-order chi connectivity index (χ1) is 10.0. The van der Waals surface area contributed by atoms with Gasteiger partial charge in [0, 0.05) is 29.7 Å². The van der Waals surface area contributed by atoms with Crippen molar-refractivity contribution in [2.24, 2.45) is 0 Å². The fourth-order valence-corrected chi connectivity index (χ4v) is 2.89. The largest absolute Gasteiger partial charge is 0.375 e. The van der Waals surface area contributed by atoms with Gasteiger partial charge in [-0.05, 0) is 37.6 Å². The zero-order chi connectivity index (χ0) is 15.0. The number of aryl methyl sites for hydroxylation is 1. The van der Waals surface area contributed by atoms with Crippen LogP contribution in [0, 0.1) is 12.7 Å². The van der Waals surface area contributed by atoms with E-state index in [9.17, 15) is 9.18 Å². The first-order valence-corrected chi connectivity index (χ1v) is 7.20. The predicted octanol–water partition coefficient (Wildman–Crippen LogP) is 2.41. The smallest absolute Gasteiger partial charge is 0.227 e. The Morgan fingerprint density at radius 2 is 2.33 bits per heavy atom. The first kappa shape index (κ1) is 14.1. The molecular weight excluding hydrogens is 271 g/mol. The van der Waals surface area contributed by atoms with Gasteiger partial charge >= 0.3 is 0 Å². The average Bonchev–Trinajstić information content (AvgIpc) is 2.75. The number of morpholine rings is 1. The molecule has 112 valence electrons. The Labute approximate surface area is 122 Å². The second-order valence-corrected chi connectivity index (χ2v) is 5.62. The van der Waals surface area contributed by atoms with Crippen molar-refractivity contribution in [2.75, 3.05) is 19.7 Å². The Hall–Kier alpha value is -1.88. The fourth-order valence-electron chi connectivity index (χ4n) is 2.89. The van der Waals surface area contributed by atoms with E-state index in [0.717, 1.165) is 22.2 Å². The number of nitrogens with one attached hydrogen (secondary N) is 1. The second-order valence-electron chi connectivity index (χ2n) is 5.62. The van der Waals surface area contributed by atoms with Gasteiger partial charge in [0.05, 0.1) is 19.1 Å². The first-order valence-electron chi connectivity index (χ1n) is 7.20. The molecule has 21 heavy (non-hydrogen) atoms. The van der Waals surface area contributed by atoms with Crippen molar-refractivity contribution < 1.29 is 13.9 Å². The van der Waals surface area contributed by atoms with Crippen LogP contribution in [0.2, 0.25) is 0 Å². The molecule has 0 aliphatic carbocycles. The Bertz CT molecular complexity index is 680. The van der Waals surface area contributed by atoms with E-state index in [1.54, 1.807) is 6.07 Å². The molecule has 0 radical (unpaired) electrons. The lowest BCUT2D eigenvalue weighted by Crippen LogP contribution is -2.45. The second kappa shape index (κ2) is 5.48. The highest BCUT2D eigenvalue weighted by atomic mass is 19.1. The summed E-state index contributed by atoms with van der Waals surface area (Å²) < 4.78 is 18.9. The lowest BCUT2D eigenvalue weighted by atomic mass is 10.1. The molecule has 0 unspecified atom stereocenters. The van der Waals surface area contributed by atoms with Crippen LogP contribution in [0.15, 0.2) is 18.2 Å². The molecular formula is C16H19FN2O2. The van der Waals surface area contributed by atoms with Crippen molar-refractivity contribution in [3.05, 3.63) is 35.3 Å². The Balaban J connectivity index is 1.85. The zero-order valence-electron chi connectivity index (χ0n) is 12.3. The average molecular weight is 290 g/mol. The topological polar surface area (TPSA) is 45.3 Å². The van der Waals surface area contributed by atoms with Gasteiger partial charge in [0.1, 0.15) is 5.82 Å². The Morgan fingerprint density at radius 1 is 1.52 bits per heavy atom. The Morgan fingerprint density at radius 3 is 3.10 bits per heavy atom. The highest BCUT2D eigenvalue weighted by molar-refractivity contribution is 5.90. The normalized spacial score (nSPS) is 19.2. The molecule has 3 rings (SSSR count). The van der Waals surface area contributed by atoms with Crippen molar-refractivity contribution in [1.29, 1.82) is 0 Å². The van der Waals surface area contributed by atoms with Gasteiger partial charge in [0.15, 0.2) is 0 Å². The van der Waals surface area contributed by atoms with Crippen molar-refractivity contribution in [3.63, 3.8) is 0 Å². The highest BCUT2D eigenvalue weighted by Gasteiger charge is 2.23. The molecule has 1 saturated heterocycles. The number of benzene rings is 1. The van der Waals surface area contributed by atoms with E-state index in [4.69, 9.17) is 4.74 Å². The van der Waals surface area contributed by atoms with Crippen LogP contribution in [0.5, 0.6) is 0 Å². The van der Waals surface area contributed by atoms with E-state index >= 15 is 0 Å². The number of hydrogen-bond donors (Lipinski definition) is 1. The van der Waals surface area contributed by atoms with Crippen LogP contribution >= 0.6 is 0 Å². The summed E-state index contributed by atoms with van der Waals surface area (Å²) >= 11 is 0. The molecule has 2 heterocycles. The quantitative estimate of drug-likeness (QED) is 0.923. The monoisotopic (exact) mass is 290 g/mol. The predicted molar refractivity (Wildman–Crippen MR) is 78.7 cm³/mol. The molecule has 0 bridgehead atoms. The number of carbonyl (C=O) groups is 1. The number of H-pyrrole nitrogens is 1. The van der Waals surface area contributed by atoms with E-state index in [-0.39, 0.29) is 17.8 Å². The number of fused-ring (bicyclic) bond motifs is 1. The number of aromatic nitrogens is 1. The van der Waals surface area contributed by atoms with Crippen molar-refractivity contribution in [3.8, 4) is 0 Å². The maximum absolute atomic E-state index is 13.4. The zero-order valence-corrected chi connectivity index (χ0v) is 12.3. The maximum atomic E-state index is 13.4. The van der Waals surface area contributed by atoms with Gasteiger partial charge in [-0.1, -0.05) is 0 Å². The third-order valence-corrected chi connectivity index (χ3v) is 4.00. The molecule has 0 spiro atoms.